The highest BCUT2D eigenvalue weighted by Gasteiger charge is 2.34. The van der Waals surface area contributed by atoms with E-state index < -0.39 is 16.8 Å². The Morgan fingerprint density at radius 3 is 1.86 bits per heavy atom. The van der Waals surface area contributed by atoms with Crippen molar-refractivity contribution < 1.29 is 19.8 Å². The summed E-state index contributed by atoms with van der Waals surface area (Å²) in [5.41, 5.74) is 1.25. The molecule has 2 unspecified atom stereocenters. The topological polar surface area (TPSA) is 87.5 Å². The molecule has 2 atom stereocenters. The van der Waals surface area contributed by atoms with Gasteiger partial charge in [-0.1, -0.05) is 51.1 Å². The van der Waals surface area contributed by atoms with Gasteiger partial charge in [0.25, 0.3) is 0 Å². The van der Waals surface area contributed by atoms with Crippen molar-refractivity contribution in [2.75, 3.05) is 0 Å². The minimum atomic E-state index is -1.25. The van der Waals surface area contributed by atoms with Crippen LogP contribution in [0.4, 0.5) is 0 Å². The smallest absolute Gasteiger partial charge is 0.354 e. The van der Waals surface area contributed by atoms with Gasteiger partial charge >= 0.3 is 11.9 Å². The van der Waals surface area contributed by atoms with Crippen LogP contribution in [-0.2, 0) is 0 Å². The molecule has 0 spiro atoms. The lowest BCUT2D eigenvalue weighted by atomic mass is 9.74. The molecule has 6 heteroatoms. The summed E-state index contributed by atoms with van der Waals surface area (Å²) in [7, 11) is 0. The van der Waals surface area contributed by atoms with E-state index in [1.54, 1.807) is 0 Å². The molecule has 5 nitrogen and oxygen atoms in total. The molecule has 0 fully saturated rings. The van der Waals surface area contributed by atoms with Crippen molar-refractivity contribution in [3.8, 4) is 0 Å². The second-order valence-electron chi connectivity index (χ2n) is 7.38. The van der Waals surface area contributed by atoms with Crippen LogP contribution in [0, 0.1) is 0 Å². The fourth-order valence-electron chi connectivity index (χ4n) is 3.86. The van der Waals surface area contributed by atoms with Gasteiger partial charge in [-0.05, 0) is 60.8 Å². The number of benzene rings is 1. The first kappa shape index (κ1) is 22.9. The van der Waals surface area contributed by atoms with Crippen LogP contribution in [0.5, 0.6) is 0 Å². The number of aromatic carboxylic acids is 2. The molecule has 2 rings (SSSR count). The van der Waals surface area contributed by atoms with Crippen LogP contribution in [-0.4, -0.2) is 32.0 Å². The predicted octanol–water partition coefficient (Wildman–Crippen LogP) is 5.94. The number of nitrogens with zero attached hydrogens (tertiary/aromatic N) is 1. The summed E-state index contributed by atoms with van der Waals surface area (Å²) in [6.07, 6.45) is 2.93. The van der Waals surface area contributed by atoms with Gasteiger partial charge in [-0.15, -0.1) is 11.6 Å². The maximum Gasteiger partial charge on any atom is 0.354 e. The van der Waals surface area contributed by atoms with Crippen LogP contribution < -0.4 is 0 Å². The summed E-state index contributed by atoms with van der Waals surface area (Å²) in [5, 5.41) is 18.9. The predicted molar refractivity (Wildman–Crippen MR) is 114 cm³/mol. The summed E-state index contributed by atoms with van der Waals surface area (Å²) in [6.45, 7) is 6.15. The third kappa shape index (κ3) is 5.57. The molecule has 0 amide bonds. The highest BCUT2D eigenvalue weighted by Crippen LogP contribution is 2.44. The highest BCUT2D eigenvalue weighted by atomic mass is 35.5. The first-order chi connectivity index (χ1) is 13.7. The van der Waals surface area contributed by atoms with E-state index in [-0.39, 0.29) is 23.2 Å². The van der Waals surface area contributed by atoms with Gasteiger partial charge in [0.2, 0.25) is 0 Å². The number of carbonyl (C=O) groups is 2. The Bertz CT molecular complexity index is 817. The quantitative estimate of drug-likeness (QED) is 0.467. The molecule has 0 bridgehead atoms. The molecule has 0 aliphatic carbocycles. The number of carboxylic acid groups (broad SMARTS) is 2. The monoisotopic (exact) mass is 417 g/mol. The fraction of sp³-hybridized carbons (Fsp3) is 0.435. The third-order valence-electron chi connectivity index (χ3n) is 5.72. The average Bonchev–Trinajstić information content (AvgIpc) is 2.73. The number of aromatic nitrogens is 1. The maximum absolute atomic E-state index is 11.6. The molecule has 29 heavy (non-hydrogen) atoms. The second kappa shape index (κ2) is 9.88. The van der Waals surface area contributed by atoms with E-state index in [0.717, 1.165) is 24.8 Å². The standard InChI is InChI=1S/C23H28ClNO4/c1-4-17(15-10-8-7-9-11-15)18(14-23(24,5-2)6-3)16-12-19(21(26)27)25-20(13-16)22(28)29/h7-13,17-18H,4-6,14H2,1-3H3,(H,26,27)(H,28,29). The summed E-state index contributed by atoms with van der Waals surface area (Å²) < 4.78 is 0. The third-order valence-corrected chi connectivity index (χ3v) is 6.41. The molecule has 156 valence electrons. The summed E-state index contributed by atoms with van der Waals surface area (Å²) in [4.78, 5) is 26.5. The molecule has 1 aromatic carbocycles. The van der Waals surface area contributed by atoms with Crippen molar-refractivity contribution in [3.63, 3.8) is 0 Å². The van der Waals surface area contributed by atoms with Crippen LogP contribution >= 0.6 is 11.6 Å². The van der Waals surface area contributed by atoms with E-state index in [1.165, 1.54) is 12.1 Å². The zero-order valence-electron chi connectivity index (χ0n) is 17.1. The lowest BCUT2D eigenvalue weighted by molar-refractivity contribution is 0.0684. The Labute approximate surface area is 176 Å². The second-order valence-corrected chi connectivity index (χ2v) is 8.18. The SMILES string of the molecule is CCC(c1ccccc1)C(CC(Cl)(CC)CC)c1cc(C(=O)O)nc(C(=O)O)c1. The summed E-state index contributed by atoms with van der Waals surface area (Å²) >= 11 is 6.90. The zero-order chi connectivity index (χ0) is 21.6. The van der Waals surface area contributed by atoms with Gasteiger partial charge in [0, 0.05) is 4.87 Å². The van der Waals surface area contributed by atoms with E-state index in [1.807, 2.05) is 44.2 Å². The Hall–Kier alpha value is -2.40. The van der Waals surface area contributed by atoms with E-state index in [4.69, 9.17) is 11.6 Å². The minimum Gasteiger partial charge on any atom is -0.477 e. The Kier molecular flexibility index (Phi) is 7.80. The molecule has 0 aliphatic heterocycles. The molecular weight excluding hydrogens is 390 g/mol. The first-order valence-electron chi connectivity index (χ1n) is 9.97. The molecule has 1 heterocycles. The van der Waals surface area contributed by atoms with Crippen molar-refractivity contribution in [2.45, 2.75) is 63.2 Å². The van der Waals surface area contributed by atoms with Gasteiger partial charge in [0.15, 0.2) is 0 Å². The Morgan fingerprint density at radius 1 is 0.931 bits per heavy atom. The van der Waals surface area contributed by atoms with Gasteiger partial charge in [-0.2, -0.15) is 0 Å². The van der Waals surface area contributed by atoms with Crippen LogP contribution in [0.2, 0.25) is 0 Å². The van der Waals surface area contributed by atoms with Crippen molar-refractivity contribution in [1.29, 1.82) is 0 Å². The normalized spacial score (nSPS) is 13.7. The number of pyridine rings is 1. The maximum atomic E-state index is 11.6. The fourth-order valence-corrected chi connectivity index (χ4v) is 4.03. The number of rotatable bonds is 10. The largest absolute Gasteiger partial charge is 0.477 e. The van der Waals surface area contributed by atoms with Crippen LogP contribution in [0.15, 0.2) is 42.5 Å². The molecule has 0 saturated heterocycles. The average molecular weight is 418 g/mol. The summed E-state index contributed by atoms with van der Waals surface area (Å²) in [5.74, 6) is -2.56. The van der Waals surface area contributed by atoms with Crippen molar-refractivity contribution in [1.82, 2.24) is 4.98 Å². The number of carboxylic acids is 2. The van der Waals surface area contributed by atoms with E-state index in [9.17, 15) is 19.8 Å². The van der Waals surface area contributed by atoms with Crippen LogP contribution in [0.3, 0.4) is 0 Å². The number of alkyl halides is 1. The van der Waals surface area contributed by atoms with Crippen molar-refractivity contribution in [3.05, 3.63) is 65.0 Å². The van der Waals surface area contributed by atoms with E-state index in [2.05, 4.69) is 11.9 Å². The Morgan fingerprint density at radius 2 is 1.45 bits per heavy atom. The first-order valence-corrected chi connectivity index (χ1v) is 10.3. The Balaban J connectivity index is 2.66. The van der Waals surface area contributed by atoms with Crippen LogP contribution in [0.1, 0.15) is 90.4 Å². The highest BCUT2D eigenvalue weighted by molar-refractivity contribution is 6.23. The van der Waals surface area contributed by atoms with Gasteiger partial charge in [-0.25, -0.2) is 14.6 Å². The summed E-state index contributed by atoms with van der Waals surface area (Å²) in [6, 6.07) is 13.0. The van der Waals surface area contributed by atoms with Gasteiger partial charge < -0.3 is 10.2 Å². The van der Waals surface area contributed by atoms with E-state index >= 15 is 0 Å². The molecule has 0 radical (unpaired) electrons. The minimum absolute atomic E-state index is 0.0677. The number of hydrogen-bond donors (Lipinski definition) is 2. The van der Waals surface area contributed by atoms with E-state index in [0.29, 0.717) is 12.0 Å². The van der Waals surface area contributed by atoms with Crippen molar-refractivity contribution in [2.24, 2.45) is 0 Å². The van der Waals surface area contributed by atoms with Gasteiger partial charge in [0.05, 0.1) is 0 Å². The number of halogens is 1. The molecule has 0 aliphatic rings. The van der Waals surface area contributed by atoms with Gasteiger partial charge in [0.1, 0.15) is 11.4 Å². The molecular formula is C23H28ClNO4. The molecule has 0 saturated carbocycles. The lowest BCUT2D eigenvalue weighted by Crippen LogP contribution is -2.26. The molecule has 2 N–H and O–H groups in total. The van der Waals surface area contributed by atoms with Gasteiger partial charge in [-0.3, -0.25) is 0 Å². The van der Waals surface area contributed by atoms with Crippen molar-refractivity contribution >= 4 is 23.5 Å². The lowest BCUT2D eigenvalue weighted by Gasteiger charge is -2.34. The molecule has 1 aromatic heterocycles. The molecule has 2 aromatic rings. The van der Waals surface area contributed by atoms with Crippen LogP contribution in [0.25, 0.3) is 0 Å². The zero-order valence-corrected chi connectivity index (χ0v) is 17.8. The number of hydrogen-bond acceptors (Lipinski definition) is 3.